The Balaban J connectivity index is 2.00. The molecule has 1 heterocycles. The molecule has 0 radical (unpaired) electrons. The number of nitrogens with zero attached hydrogens (tertiary/aromatic N) is 3. The van der Waals surface area contributed by atoms with E-state index in [2.05, 4.69) is 10.1 Å². The molecule has 0 saturated carbocycles. The van der Waals surface area contributed by atoms with Crippen LogP contribution in [0.4, 0.5) is 5.95 Å². The van der Waals surface area contributed by atoms with E-state index in [9.17, 15) is 4.79 Å². The van der Waals surface area contributed by atoms with E-state index in [1.54, 1.807) is 31.4 Å². The molecule has 0 aliphatic carbocycles. The van der Waals surface area contributed by atoms with Gasteiger partial charge >= 0.3 is 0 Å². The summed E-state index contributed by atoms with van der Waals surface area (Å²) in [5.74, 6) is 1.57. The monoisotopic (exact) mass is 384 g/mol. The Kier molecular flexibility index (Phi) is 5.35. The summed E-state index contributed by atoms with van der Waals surface area (Å²) >= 11 is 0. The van der Waals surface area contributed by atoms with Crippen LogP contribution in [0.1, 0.15) is 10.4 Å². The lowest BCUT2D eigenvalue weighted by Crippen LogP contribution is -2.16. The Morgan fingerprint density at radius 3 is 2.04 bits per heavy atom. The second-order valence-corrected chi connectivity index (χ2v) is 5.65. The molecular weight excluding hydrogens is 364 g/mol. The predicted octanol–water partition coefficient (Wildman–Crippen LogP) is 2.25. The van der Waals surface area contributed by atoms with E-state index in [0.717, 1.165) is 4.68 Å². The fraction of sp³-hybridized carbons (Fsp3) is 0.211. The highest BCUT2D eigenvalue weighted by Crippen LogP contribution is 2.38. The van der Waals surface area contributed by atoms with Crippen LogP contribution in [0.2, 0.25) is 0 Å². The van der Waals surface area contributed by atoms with Gasteiger partial charge in [-0.25, -0.2) is 0 Å². The Morgan fingerprint density at radius 1 is 0.929 bits per heavy atom. The van der Waals surface area contributed by atoms with E-state index >= 15 is 0 Å². The lowest BCUT2D eigenvalue weighted by molar-refractivity contribution is 0.0947. The zero-order valence-electron chi connectivity index (χ0n) is 15.9. The van der Waals surface area contributed by atoms with Crippen LogP contribution in [-0.4, -0.2) is 49.1 Å². The molecule has 0 aliphatic rings. The number of hydrogen-bond donors (Lipinski definition) is 1. The molecule has 0 amide bonds. The highest BCUT2D eigenvalue weighted by Gasteiger charge is 2.21. The van der Waals surface area contributed by atoms with Gasteiger partial charge < -0.3 is 24.7 Å². The van der Waals surface area contributed by atoms with E-state index < -0.39 is 5.91 Å². The molecule has 146 valence electrons. The number of carbonyl (C=O) groups excluding carboxylic acids is 1. The maximum Gasteiger partial charge on any atom is 0.281 e. The van der Waals surface area contributed by atoms with Gasteiger partial charge in [0.25, 0.3) is 5.91 Å². The summed E-state index contributed by atoms with van der Waals surface area (Å²) < 4.78 is 22.0. The highest BCUT2D eigenvalue weighted by atomic mass is 16.5. The van der Waals surface area contributed by atoms with Crippen molar-refractivity contribution in [1.29, 1.82) is 0 Å². The Bertz CT molecular complexity index is 973. The molecule has 1 aromatic heterocycles. The van der Waals surface area contributed by atoms with Crippen molar-refractivity contribution in [3.63, 3.8) is 0 Å². The number of rotatable bonds is 6. The lowest BCUT2D eigenvalue weighted by atomic mass is 10.1. The number of aromatic nitrogens is 3. The van der Waals surface area contributed by atoms with Crippen molar-refractivity contribution in [3.05, 3.63) is 42.0 Å². The normalized spacial score (nSPS) is 10.4. The summed E-state index contributed by atoms with van der Waals surface area (Å²) in [5.41, 5.74) is 6.88. The van der Waals surface area contributed by atoms with Crippen molar-refractivity contribution in [2.75, 3.05) is 34.2 Å². The molecule has 3 aromatic rings. The average molecular weight is 384 g/mol. The molecule has 28 heavy (non-hydrogen) atoms. The van der Waals surface area contributed by atoms with Gasteiger partial charge in [0.1, 0.15) is 5.75 Å². The second-order valence-electron chi connectivity index (χ2n) is 5.65. The van der Waals surface area contributed by atoms with Gasteiger partial charge in [-0.2, -0.15) is 9.67 Å². The summed E-state index contributed by atoms with van der Waals surface area (Å²) in [7, 11) is 6.00. The summed E-state index contributed by atoms with van der Waals surface area (Å²) in [5, 5.41) is 4.24. The molecule has 0 aliphatic heterocycles. The van der Waals surface area contributed by atoms with Gasteiger partial charge in [0, 0.05) is 11.1 Å². The smallest absolute Gasteiger partial charge is 0.281 e. The molecule has 9 nitrogen and oxygen atoms in total. The summed E-state index contributed by atoms with van der Waals surface area (Å²) in [6, 6.07) is 10.2. The van der Waals surface area contributed by atoms with Gasteiger partial charge in [-0.05, 0) is 36.4 Å². The standard InChI is InChI=1S/C19H20N4O5/c1-25-13-7-5-11(6-8-13)17-21-19(20)23(22-17)18(24)12-9-14(26-2)16(28-4)15(10-12)27-3/h5-10H,1-4H3,(H2,20,21,22). The SMILES string of the molecule is COc1ccc(-c2nc(N)n(C(=O)c3cc(OC)c(OC)c(OC)c3)n2)cc1. The predicted molar refractivity (Wildman–Crippen MR) is 102 cm³/mol. The third kappa shape index (κ3) is 3.41. The Hall–Kier alpha value is -3.75. The van der Waals surface area contributed by atoms with Crippen molar-refractivity contribution in [2.24, 2.45) is 0 Å². The van der Waals surface area contributed by atoms with Crippen LogP contribution in [0.15, 0.2) is 36.4 Å². The number of nitrogen functional groups attached to an aromatic ring is 1. The first-order valence-corrected chi connectivity index (χ1v) is 8.24. The van der Waals surface area contributed by atoms with Crippen LogP contribution in [0.5, 0.6) is 23.0 Å². The first kappa shape index (κ1) is 19.0. The van der Waals surface area contributed by atoms with Crippen molar-refractivity contribution in [3.8, 4) is 34.4 Å². The molecule has 0 bridgehead atoms. The zero-order chi connectivity index (χ0) is 20.3. The Morgan fingerprint density at radius 2 is 1.54 bits per heavy atom. The maximum absolute atomic E-state index is 13.0. The average Bonchev–Trinajstić information content (AvgIpc) is 3.13. The molecule has 9 heteroatoms. The molecule has 0 fully saturated rings. The number of carbonyl (C=O) groups is 1. The van der Waals surface area contributed by atoms with Crippen LogP contribution in [0.25, 0.3) is 11.4 Å². The molecule has 3 rings (SSSR count). The number of methoxy groups -OCH3 is 4. The minimum Gasteiger partial charge on any atom is -0.497 e. The number of hydrogen-bond acceptors (Lipinski definition) is 8. The minimum absolute atomic E-state index is 0.0374. The number of ether oxygens (including phenoxy) is 4. The second kappa shape index (κ2) is 7.87. The third-order valence-electron chi connectivity index (χ3n) is 4.08. The van der Waals surface area contributed by atoms with Crippen LogP contribution < -0.4 is 24.7 Å². The van der Waals surface area contributed by atoms with Gasteiger partial charge in [0.2, 0.25) is 11.7 Å². The topological polar surface area (TPSA) is 111 Å². The molecule has 0 saturated heterocycles. The van der Waals surface area contributed by atoms with E-state index in [0.29, 0.717) is 34.4 Å². The van der Waals surface area contributed by atoms with Crippen LogP contribution in [-0.2, 0) is 0 Å². The quantitative estimate of drug-likeness (QED) is 0.689. The van der Waals surface area contributed by atoms with E-state index in [-0.39, 0.29) is 11.5 Å². The third-order valence-corrected chi connectivity index (χ3v) is 4.08. The summed E-state index contributed by atoms with van der Waals surface area (Å²) in [6.45, 7) is 0. The zero-order valence-corrected chi connectivity index (χ0v) is 15.9. The number of nitrogens with two attached hydrogens (primary N) is 1. The van der Waals surface area contributed by atoms with Crippen molar-refractivity contribution >= 4 is 11.9 Å². The summed E-state index contributed by atoms with van der Waals surface area (Å²) in [4.78, 5) is 17.1. The molecule has 0 unspecified atom stereocenters. The molecule has 2 aromatic carbocycles. The van der Waals surface area contributed by atoms with Gasteiger partial charge in [-0.15, -0.1) is 5.10 Å². The first-order valence-electron chi connectivity index (χ1n) is 8.24. The number of anilines is 1. The van der Waals surface area contributed by atoms with Crippen LogP contribution in [0, 0.1) is 0 Å². The van der Waals surface area contributed by atoms with Crippen molar-refractivity contribution in [1.82, 2.24) is 14.8 Å². The van der Waals surface area contributed by atoms with Gasteiger partial charge in [-0.1, -0.05) is 0 Å². The fourth-order valence-corrected chi connectivity index (χ4v) is 2.66. The van der Waals surface area contributed by atoms with Gasteiger partial charge in [0.15, 0.2) is 17.3 Å². The maximum atomic E-state index is 13.0. The van der Waals surface area contributed by atoms with E-state index in [1.807, 2.05) is 0 Å². The lowest BCUT2D eigenvalue weighted by Gasteiger charge is -2.13. The van der Waals surface area contributed by atoms with E-state index in [4.69, 9.17) is 24.7 Å². The van der Waals surface area contributed by atoms with Crippen LogP contribution in [0.3, 0.4) is 0 Å². The van der Waals surface area contributed by atoms with Crippen molar-refractivity contribution in [2.45, 2.75) is 0 Å². The Labute approximate surface area is 161 Å². The first-order chi connectivity index (χ1) is 13.5. The van der Waals surface area contributed by atoms with Gasteiger partial charge in [-0.3, -0.25) is 4.79 Å². The van der Waals surface area contributed by atoms with E-state index in [1.165, 1.54) is 33.5 Å². The summed E-state index contributed by atoms with van der Waals surface area (Å²) in [6.07, 6.45) is 0. The van der Waals surface area contributed by atoms with Gasteiger partial charge in [0.05, 0.1) is 28.4 Å². The molecular formula is C19H20N4O5. The van der Waals surface area contributed by atoms with Crippen LogP contribution >= 0.6 is 0 Å². The minimum atomic E-state index is -0.482. The number of benzene rings is 2. The largest absolute Gasteiger partial charge is 0.497 e. The molecule has 0 spiro atoms. The highest BCUT2D eigenvalue weighted by molar-refractivity contribution is 5.98. The fourth-order valence-electron chi connectivity index (χ4n) is 2.66. The molecule has 2 N–H and O–H groups in total. The molecule has 0 atom stereocenters. The van der Waals surface area contributed by atoms with Crippen molar-refractivity contribution < 1.29 is 23.7 Å².